The minimum atomic E-state index is -0.583. The quantitative estimate of drug-likeness (QED) is 0.433. The molecule has 0 aliphatic carbocycles. The second-order valence-corrected chi connectivity index (χ2v) is 7.89. The number of halogens is 1. The summed E-state index contributed by atoms with van der Waals surface area (Å²) in [7, 11) is 0. The number of hydrogen-bond acceptors (Lipinski definition) is 4. The van der Waals surface area contributed by atoms with Gasteiger partial charge in [-0.2, -0.15) is 0 Å². The number of amides is 1. The van der Waals surface area contributed by atoms with Gasteiger partial charge in [0.15, 0.2) is 6.61 Å². The Labute approximate surface area is 178 Å². The lowest BCUT2D eigenvalue weighted by atomic mass is 10.0. The molecule has 0 atom stereocenters. The molecule has 0 N–H and O–H groups in total. The monoisotopic (exact) mass is 421 g/mol. The van der Waals surface area contributed by atoms with Gasteiger partial charge in [0.1, 0.15) is 5.82 Å². The van der Waals surface area contributed by atoms with Crippen LogP contribution in [-0.2, 0) is 20.7 Å². The standard InChI is InChI=1S/C24H20FNO3S/c25-19-11-9-17(10-12-19)15-20(22-8-4-14-30-22)24(28)29-16-23(27)26-13-3-6-18-5-1-2-7-21(18)26/h1-2,4-5,7-12,14-15H,3,6,13,16H2/b20-15+. The SMILES string of the molecule is O=C(OCC(=O)N1CCCc2ccccc21)/C(=C/c1ccc(F)cc1)c1cccs1. The third kappa shape index (κ3) is 4.49. The summed E-state index contributed by atoms with van der Waals surface area (Å²) in [5.74, 6) is -1.18. The summed E-state index contributed by atoms with van der Waals surface area (Å²) >= 11 is 1.40. The number of hydrogen-bond donors (Lipinski definition) is 0. The van der Waals surface area contributed by atoms with E-state index >= 15 is 0 Å². The Hall–Kier alpha value is -3.25. The first-order valence-electron chi connectivity index (χ1n) is 9.68. The van der Waals surface area contributed by atoms with Crippen LogP contribution in [0.1, 0.15) is 22.4 Å². The molecule has 1 aromatic heterocycles. The van der Waals surface area contributed by atoms with E-state index in [9.17, 15) is 14.0 Å². The van der Waals surface area contributed by atoms with Gasteiger partial charge in [0, 0.05) is 17.1 Å². The molecule has 3 aromatic rings. The fourth-order valence-corrected chi connectivity index (χ4v) is 4.19. The Morgan fingerprint density at radius 1 is 1.07 bits per heavy atom. The first-order valence-corrected chi connectivity index (χ1v) is 10.6. The van der Waals surface area contributed by atoms with Crippen LogP contribution in [0.4, 0.5) is 10.1 Å². The molecule has 0 spiro atoms. The summed E-state index contributed by atoms with van der Waals surface area (Å²) in [6.07, 6.45) is 3.46. The lowest BCUT2D eigenvalue weighted by Gasteiger charge is -2.29. The maximum Gasteiger partial charge on any atom is 0.340 e. The largest absolute Gasteiger partial charge is 0.452 e. The predicted octanol–water partition coefficient (Wildman–Crippen LogP) is 4.95. The number of aryl methyl sites for hydroxylation is 1. The lowest BCUT2D eigenvalue weighted by molar-refractivity contribution is -0.142. The average molecular weight is 421 g/mol. The second kappa shape index (κ2) is 9.05. The van der Waals surface area contributed by atoms with E-state index < -0.39 is 5.97 Å². The van der Waals surface area contributed by atoms with Crippen molar-refractivity contribution in [2.75, 3.05) is 18.1 Å². The Bertz CT molecular complexity index is 1070. The molecule has 0 bridgehead atoms. The number of thiophene rings is 1. The zero-order valence-corrected chi connectivity index (χ0v) is 17.0. The third-order valence-corrected chi connectivity index (χ3v) is 5.83. The highest BCUT2D eigenvalue weighted by Gasteiger charge is 2.24. The van der Waals surface area contributed by atoms with Crippen molar-refractivity contribution in [3.8, 4) is 0 Å². The number of carbonyl (C=O) groups is 2. The minimum absolute atomic E-state index is 0.247. The van der Waals surface area contributed by atoms with Gasteiger partial charge >= 0.3 is 5.97 Å². The first-order chi connectivity index (χ1) is 14.6. The second-order valence-electron chi connectivity index (χ2n) is 6.94. The lowest BCUT2D eigenvalue weighted by Crippen LogP contribution is -2.38. The van der Waals surface area contributed by atoms with Gasteiger partial charge in [-0.1, -0.05) is 36.4 Å². The highest BCUT2D eigenvalue weighted by Crippen LogP contribution is 2.27. The van der Waals surface area contributed by atoms with E-state index in [0.717, 1.165) is 29.0 Å². The molecule has 0 fully saturated rings. The zero-order chi connectivity index (χ0) is 20.9. The number of ether oxygens (including phenoxy) is 1. The van der Waals surface area contributed by atoms with Crippen LogP contribution in [0.2, 0.25) is 0 Å². The highest BCUT2D eigenvalue weighted by molar-refractivity contribution is 7.11. The van der Waals surface area contributed by atoms with Crippen LogP contribution < -0.4 is 4.90 Å². The Kier molecular flexibility index (Phi) is 6.05. The fraction of sp³-hybridized carbons (Fsp3) is 0.167. The molecule has 2 heterocycles. The van der Waals surface area contributed by atoms with Crippen molar-refractivity contribution >= 4 is 40.5 Å². The van der Waals surface area contributed by atoms with E-state index in [2.05, 4.69) is 0 Å². The number of carbonyl (C=O) groups excluding carboxylic acids is 2. The molecule has 152 valence electrons. The van der Waals surface area contributed by atoms with Crippen LogP contribution in [0.25, 0.3) is 11.6 Å². The summed E-state index contributed by atoms with van der Waals surface area (Å²) in [4.78, 5) is 28.0. The molecular formula is C24H20FNO3S. The highest BCUT2D eigenvalue weighted by atomic mass is 32.1. The molecule has 0 radical (unpaired) electrons. The van der Waals surface area contributed by atoms with Gasteiger partial charge < -0.3 is 9.64 Å². The summed E-state index contributed by atoms with van der Waals surface area (Å²) < 4.78 is 18.6. The summed E-state index contributed by atoms with van der Waals surface area (Å²) in [6, 6.07) is 17.3. The maximum atomic E-state index is 13.2. The summed E-state index contributed by atoms with van der Waals surface area (Å²) in [5, 5.41) is 1.86. The van der Waals surface area contributed by atoms with Gasteiger partial charge in [-0.05, 0) is 59.7 Å². The first kappa shape index (κ1) is 20.0. The molecular weight excluding hydrogens is 401 g/mol. The number of esters is 1. The predicted molar refractivity (Wildman–Crippen MR) is 117 cm³/mol. The number of rotatable bonds is 5. The van der Waals surface area contributed by atoms with Crippen LogP contribution in [0.3, 0.4) is 0 Å². The van der Waals surface area contributed by atoms with E-state index in [1.807, 2.05) is 41.8 Å². The van der Waals surface area contributed by atoms with Crippen molar-refractivity contribution in [1.29, 1.82) is 0 Å². The van der Waals surface area contributed by atoms with E-state index in [1.54, 1.807) is 23.1 Å². The summed E-state index contributed by atoms with van der Waals surface area (Å²) in [5.41, 5.74) is 3.01. The molecule has 6 heteroatoms. The van der Waals surface area contributed by atoms with Crippen molar-refractivity contribution in [2.24, 2.45) is 0 Å². The van der Waals surface area contributed by atoms with Crippen molar-refractivity contribution in [3.63, 3.8) is 0 Å². The molecule has 1 aliphatic heterocycles. The number of benzene rings is 2. The number of nitrogens with zero attached hydrogens (tertiary/aromatic N) is 1. The normalized spacial score (nSPS) is 13.6. The van der Waals surface area contributed by atoms with Crippen molar-refractivity contribution in [2.45, 2.75) is 12.8 Å². The molecule has 1 amide bonds. The van der Waals surface area contributed by atoms with Crippen LogP contribution in [0.5, 0.6) is 0 Å². The smallest absolute Gasteiger partial charge is 0.340 e. The Balaban J connectivity index is 1.50. The van der Waals surface area contributed by atoms with Crippen LogP contribution >= 0.6 is 11.3 Å². The number of anilines is 1. The van der Waals surface area contributed by atoms with Gasteiger partial charge in [0.2, 0.25) is 0 Å². The van der Waals surface area contributed by atoms with Crippen molar-refractivity contribution < 1.29 is 18.7 Å². The van der Waals surface area contributed by atoms with Crippen LogP contribution in [-0.4, -0.2) is 25.0 Å². The molecule has 4 nitrogen and oxygen atoms in total. The van der Waals surface area contributed by atoms with E-state index in [0.29, 0.717) is 17.7 Å². The minimum Gasteiger partial charge on any atom is -0.452 e. The fourth-order valence-electron chi connectivity index (χ4n) is 3.46. The van der Waals surface area contributed by atoms with Crippen LogP contribution in [0, 0.1) is 5.82 Å². The van der Waals surface area contributed by atoms with Crippen LogP contribution in [0.15, 0.2) is 66.0 Å². The van der Waals surface area contributed by atoms with Gasteiger partial charge in [0.25, 0.3) is 5.91 Å². The number of fused-ring (bicyclic) bond motifs is 1. The van der Waals surface area contributed by atoms with Gasteiger partial charge in [-0.15, -0.1) is 11.3 Å². The van der Waals surface area contributed by atoms with Crippen molar-refractivity contribution in [1.82, 2.24) is 0 Å². The molecule has 0 saturated heterocycles. The molecule has 4 rings (SSSR count). The molecule has 0 saturated carbocycles. The van der Waals surface area contributed by atoms with Gasteiger partial charge in [-0.3, -0.25) is 4.79 Å². The number of para-hydroxylation sites is 1. The zero-order valence-electron chi connectivity index (χ0n) is 16.2. The molecule has 2 aromatic carbocycles. The maximum absolute atomic E-state index is 13.2. The average Bonchev–Trinajstić information content (AvgIpc) is 3.31. The summed E-state index contributed by atoms with van der Waals surface area (Å²) in [6.45, 7) is 0.274. The molecule has 30 heavy (non-hydrogen) atoms. The van der Waals surface area contributed by atoms with E-state index in [4.69, 9.17) is 4.74 Å². The Morgan fingerprint density at radius 3 is 2.63 bits per heavy atom. The topological polar surface area (TPSA) is 46.6 Å². The van der Waals surface area contributed by atoms with E-state index in [1.165, 1.54) is 23.5 Å². The van der Waals surface area contributed by atoms with Crippen molar-refractivity contribution in [3.05, 3.63) is 87.9 Å². The van der Waals surface area contributed by atoms with Gasteiger partial charge in [-0.25, -0.2) is 9.18 Å². The van der Waals surface area contributed by atoms with Gasteiger partial charge in [0.05, 0.1) is 5.57 Å². The Morgan fingerprint density at radius 2 is 1.87 bits per heavy atom. The molecule has 1 aliphatic rings. The third-order valence-electron chi connectivity index (χ3n) is 4.93. The molecule has 0 unspecified atom stereocenters. The van der Waals surface area contributed by atoms with E-state index in [-0.39, 0.29) is 18.3 Å².